The highest BCUT2D eigenvalue weighted by Gasteiger charge is 2.27. The number of fused-ring (bicyclic) bond motifs is 1. The number of carbonyl (C=O) groups excluding carboxylic acids is 2. The first-order valence-electron chi connectivity index (χ1n) is 8.12. The third kappa shape index (κ3) is 3.53. The molecule has 0 aliphatic heterocycles. The molecule has 1 saturated carbocycles. The minimum atomic E-state index is -0.309. The molecule has 0 atom stereocenters. The molecule has 130 valence electrons. The van der Waals surface area contributed by atoms with Crippen LogP contribution in [-0.4, -0.2) is 42.0 Å². The third-order valence-corrected chi connectivity index (χ3v) is 4.12. The second kappa shape index (κ2) is 7.44. The third-order valence-electron chi connectivity index (χ3n) is 4.12. The highest BCUT2D eigenvalue weighted by molar-refractivity contribution is 6.25. The number of aliphatic hydroxyl groups excluding tert-OH is 1. The molecule has 3 rings (SSSR count). The van der Waals surface area contributed by atoms with Crippen LogP contribution in [0, 0.1) is 0 Å². The van der Waals surface area contributed by atoms with E-state index in [1.54, 1.807) is 37.6 Å². The molecule has 1 fully saturated rings. The van der Waals surface area contributed by atoms with Crippen molar-refractivity contribution in [3.8, 4) is 5.75 Å². The van der Waals surface area contributed by atoms with Crippen LogP contribution < -0.4 is 4.74 Å². The number of ether oxygens (including phenoxy) is 2. The summed E-state index contributed by atoms with van der Waals surface area (Å²) in [6.07, 6.45) is 2.74. The van der Waals surface area contributed by atoms with Crippen molar-refractivity contribution in [3.05, 3.63) is 41.6 Å². The first-order valence-corrected chi connectivity index (χ1v) is 8.12. The van der Waals surface area contributed by atoms with Gasteiger partial charge in [0.2, 0.25) is 0 Å². The van der Waals surface area contributed by atoms with Gasteiger partial charge in [-0.2, -0.15) is 0 Å². The molecule has 0 spiro atoms. The molecule has 1 aromatic carbocycles. The number of pyridine rings is 1. The molecule has 0 radical (unpaired) electrons. The zero-order chi connectivity index (χ0) is 17.8. The van der Waals surface area contributed by atoms with Crippen molar-refractivity contribution in [2.24, 2.45) is 0 Å². The number of allylic oxidation sites excluding steroid dienone is 1. The number of aromatic nitrogens is 1. The fraction of sp³-hybridized carbons (Fsp3) is 0.316. The maximum absolute atomic E-state index is 12.0. The van der Waals surface area contributed by atoms with Gasteiger partial charge in [0, 0.05) is 37.1 Å². The van der Waals surface area contributed by atoms with Crippen molar-refractivity contribution in [2.45, 2.75) is 19.3 Å². The molecule has 1 aliphatic rings. The molecule has 1 heterocycles. The molecule has 1 aliphatic carbocycles. The molecule has 0 saturated heterocycles. The fourth-order valence-corrected chi connectivity index (χ4v) is 2.85. The van der Waals surface area contributed by atoms with Crippen LogP contribution in [0.3, 0.4) is 0 Å². The average Bonchev–Trinajstić information content (AvgIpc) is 2.61. The van der Waals surface area contributed by atoms with E-state index in [0.717, 1.165) is 0 Å². The highest BCUT2D eigenvalue weighted by Crippen LogP contribution is 2.30. The zero-order valence-electron chi connectivity index (χ0n) is 13.9. The van der Waals surface area contributed by atoms with Crippen molar-refractivity contribution in [1.29, 1.82) is 0 Å². The monoisotopic (exact) mass is 341 g/mol. The molecule has 2 aromatic rings. The number of hydrogen-bond acceptors (Lipinski definition) is 6. The molecular weight excluding hydrogens is 322 g/mol. The van der Waals surface area contributed by atoms with E-state index in [1.165, 1.54) is 0 Å². The smallest absolute Gasteiger partial charge is 0.170 e. The Kier molecular flexibility index (Phi) is 5.09. The van der Waals surface area contributed by atoms with Gasteiger partial charge in [0.1, 0.15) is 23.7 Å². The second-order valence-corrected chi connectivity index (χ2v) is 5.81. The average molecular weight is 341 g/mol. The summed E-state index contributed by atoms with van der Waals surface area (Å²) in [5, 5.41) is 11.2. The largest absolute Gasteiger partial charge is 0.506 e. The van der Waals surface area contributed by atoms with Gasteiger partial charge in [0.05, 0.1) is 12.1 Å². The molecule has 1 aromatic heterocycles. The van der Waals surface area contributed by atoms with Gasteiger partial charge in [-0.1, -0.05) is 0 Å². The van der Waals surface area contributed by atoms with Crippen LogP contribution in [0.2, 0.25) is 0 Å². The van der Waals surface area contributed by atoms with E-state index in [4.69, 9.17) is 9.47 Å². The minimum absolute atomic E-state index is 0.101. The van der Waals surface area contributed by atoms with Crippen LogP contribution in [0.5, 0.6) is 5.75 Å². The van der Waals surface area contributed by atoms with Gasteiger partial charge in [0.15, 0.2) is 11.6 Å². The van der Waals surface area contributed by atoms with E-state index in [9.17, 15) is 14.7 Å². The second-order valence-electron chi connectivity index (χ2n) is 5.81. The van der Waals surface area contributed by atoms with Gasteiger partial charge < -0.3 is 14.6 Å². The van der Waals surface area contributed by atoms with Gasteiger partial charge in [-0.3, -0.25) is 14.6 Å². The summed E-state index contributed by atoms with van der Waals surface area (Å²) in [7, 11) is 1.59. The summed E-state index contributed by atoms with van der Waals surface area (Å²) in [6.45, 7) is 0.825. The number of aliphatic hydroxyl groups is 1. The van der Waals surface area contributed by atoms with Crippen molar-refractivity contribution in [1.82, 2.24) is 4.98 Å². The minimum Gasteiger partial charge on any atom is -0.506 e. The van der Waals surface area contributed by atoms with E-state index in [2.05, 4.69) is 4.98 Å². The quantitative estimate of drug-likeness (QED) is 0.389. The summed E-state index contributed by atoms with van der Waals surface area (Å²) in [6, 6.07) is 6.78. The van der Waals surface area contributed by atoms with E-state index in [0.29, 0.717) is 41.9 Å². The van der Waals surface area contributed by atoms with Crippen LogP contribution in [0.4, 0.5) is 0 Å². The Morgan fingerprint density at radius 1 is 1.16 bits per heavy atom. The lowest BCUT2D eigenvalue weighted by atomic mass is 9.89. The number of hydrogen-bond donors (Lipinski definition) is 1. The van der Waals surface area contributed by atoms with Gasteiger partial charge in [0.25, 0.3) is 0 Å². The van der Waals surface area contributed by atoms with Crippen molar-refractivity contribution >= 4 is 28.2 Å². The molecule has 0 bridgehead atoms. The van der Waals surface area contributed by atoms with E-state index < -0.39 is 0 Å². The van der Waals surface area contributed by atoms with Crippen LogP contribution in [0.25, 0.3) is 16.7 Å². The highest BCUT2D eigenvalue weighted by atomic mass is 16.5. The van der Waals surface area contributed by atoms with E-state index in [-0.39, 0.29) is 35.7 Å². The van der Waals surface area contributed by atoms with Crippen LogP contribution in [0.1, 0.15) is 24.8 Å². The van der Waals surface area contributed by atoms with Gasteiger partial charge in [-0.15, -0.1) is 0 Å². The molecule has 6 heteroatoms. The zero-order valence-corrected chi connectivity index (χ0v) is 13.9. The number of nitrogens with zero attached hydrogens (tertiary/aromatic N) is 1. The number of benzene rings is 1. The summed E-state index contributed by atoms with van der Waals surface area (Å²) in [5.74, 6) is -0.292. The Bertz CT molecular complexity index is 838. The summed E-state index contributed by atoms with van der Waals surface area (Å²) in [4.78, 5) is 28.3. The number of rotatable bonds is 5. The molecule has 0 unspecified atom stereocenters. The number of methoxy groups -OCH3 is 1. The van der Waals surface area contributed by atoms with Gasteiger partial charge >= 0.3 is 0 Å². The Balaban J connectivity index is 2.04. The normalized spacial score (nSPS) is 14.8. The molecule has 0 amide bonds. The Labute approximate surface area is 145 Å². The van der Waals surface area contributed by atoms with E-state index >= 15 is 0 Å². The number of Topliss-reactive ketones (excluding diaryl/α,β-unsaturated/α-hetero) is 2. The Hall–Kier alpha value is -2.73. The first kappa shape index (κ1) is 17.1. The molecular formula is C19H19NO5. The lowest BCUT2D eigenvalue weighted by Gasteiger charge is -2.14. The van der Waals surface area contributed by atoms with Crippen molar-refractivity contribution < 1.29 is 24.2 Å². The maximum Gasteiger partial charge on any atom is 0.170 e. The molecule has 1 N–H and O–H groups in total. The van der Waals surface area contributed by atoms with Crippen LogP contribution in [-0.2, 0) is 14.3 Å². The van der Waals surface area contributed by atoms with Gasteiger partial charge in [-0.25, -0.2) is 0 Å². The van der Waals surface area contributed by atoms with Crippen molar-refractivity contribution in [2.75, 3.05) is 20.3 Å². The number of ketones is 2. The predicted molar refractivity (Wildman–Crippen MR) is 92.5 cm³/mol. The molecule has 6 nitrogen and oxygen atoms in total. The predicted octanol–water partition coefficient (Wildman–Crippen LogP) is 2.85. The lowest BCUT2D eigenvalue weighted by Crippen LogP contribution is -2.20. The summed E-state index contributed by atoms with van der Waals surface area (Å²) in [5.41, 5.74) is 0.991. The van der Waals surface area contributed by atoms with Gasteiger partial charge in [-0.05, 0) is 30.7 Å². The van der Waals surface area contributed by atoms with Crippen molar-refractivity contribution in [3.63, 3.8) is 0 Å². The summed E-state index contributed by atoms with van der Waals surface area (Å²) >= 11 is 0. The van der Waals surface area contributed by atoms with E-state index in [1.807, 2.05) is 0 Å². The maximum atomic E-state index is 12.0. The Morgan fingerprint density at radius 2 is 1.92 bits per heavy atom. The fourth-order valence-electron chi connectivity index (χ4n) is 2.85. The molecule has 25 heavy (non-hydrogen) atoms. The lowest BCUT2D eigenvalue weighted by molar-refractivity contribution is -0.123. The van der Waals surface area contributed by atoms with Crippen LogP contribution >= 0.6 is 0 Å². The standard InChI is InChI=1S/C19H19NO5/c1-24-9-10-25-17-7-8-20-14-6-5-12(11-13(14)17)19(23)18-15(21)3-2-4-16(18)22/h5-8,11,23H,2-4,9-10H2,1H3. The first-order chi connectivity index (χ1) is 12.1. The van der Waals surface area contributed by atoms with Crippen LogP contribution in [0.15, 0.2) is 36.0 Å². The SMILES string of the molecule is COCCOc1ccnc2ccc(C(O)=C3C(=O)CCCC3=O)cc12. The number of carbonyl (C=O) groups is 2. The topological polar surface area (TPSA) is 85.7 Å². The summed E-state index contributed by atoms with van der Waals surface area (Å²) < 4.78 is 10.7. The Morgan fingerprint density at radius 3 is 2.64 bits per heavy atom.